The molecular weight excluding hydrogens is 449 g/mol. The Morgan fingerprint density at radius 3 is 2.66 bits per heavy atom. The van der Waals surface area contributed by atoms with Crippen LogP contribution < -0.4 is 14.8 Å². The molecule has 1 aromatic heterocycles. The SMILES string of the molecule is COc1cc(-c2ccc(CNC(=O)Cc3cccc(F)c3)nc2)ccc1OCCN1CCOCC1. The Kier molecular flexibility index (Phi) is 8.64. The Bertz CT molecular complexity index is 1120. The average molecular weight is 480 g/mol. The third-order valence-electron chi connectivity index (χ3n) is 5.81. The lowest BCUT2D eigenvalue weighted by Crippen LogP contribution is -2.38. The zero-order chi connectivity index (χ0) is 24.5. The molecule has 3 aromatic rings. The molecule has 184 valence electrons. The molecule has 0 saturated carbocycles. The summed E-state index contributed by atoms with van der Waals surface area (Å²) in [5, 5.41) is 2.82. The summed E-state index contributed by atoms with van der Waals surface area (Å²) in [6.07, 6.45) is 1.89. The second-order valence-electron chi connectivity index (χ2n) is 8.29. The molecule has 1 fully saturated rings. The summed E-state index contributed by atoms with van der Waals surface area (Å²) in [4.78, 5) is 18.9. The molecule has 4 rings (SSSR count). The van der Waals surface area contributed by atoms with Gasteiger partial charge in [-0.3, -0.25) is 14.7 Å². The Morgan fingerprint density at radius 2 is 1.91 bits per heavy atom. The minimum absolute atomic E-state index is 0.122. The predicted octanol–water partition coefficient (Wildman–Crippen LogP) is 3.47. The van der Waals surface area contributed by atoms with Crippen molar-refractivity contribution in [3.8, 4) is 22.6 Å². The second-order valence-corrected chi connectivity index (χ2v) is 8.29. The number of aromatic nitrogens is 1. The van der Waals surface area contributed by atoms with Crippen molar-refractivity contribution < 1.29 is 23.4 Å². The number of hydrogen-bond acceptors (Lipinski definition) is 6. The Morgan fingerprint density at radius 1 is 1.09 bits per heavy atom. The van der Waals surface area contributed by atoms with Crippen molar-refractivity contribution in [1.29, 1.82) is 0 Å². The summed E-state index contributed by atoms with van der Waals surface area (Å²) >= 11 is 0. The molecular formula is C27H30FN3O4. The molecule has 0 radical (unpaired) electrons. The number of benzene rings is 2. The number of methoxy groups -OCH3 is 1. The lowest BCUT2D eigenvalue weighted by atomic mass is 10.1. The third-order valence-corrected chi connectivity index (χ3v) is 5.81. The molecule has 0 bridgehead atoms. The zero-order valence-corrected chi connectivity index (χ0v) is 19.8. The molecule has 0 unspecified atom stereocenters. The molecule has 1 aliphatic heterocycles. The summed E-state index contributed by atoms with van der Waals surface area (Å²) in [7, 11) is 1.63. The molecule has 7 nitrogen and oxygen atoms in total. The van der Waals surface area contributed by atoms with Gasteiger partial charge < -0.3 is 19.5 Å². The van der Waals surface area contributed by atoms with E-state index in [1.807, 2.05) is 30.3 Å². The Balaban J connectivity index is 1.30. The van der Waals surface area contributed by atoms with Gasteiger partial charge in [0.1, 0.15) is 12.4 Å². The van der Waals surface area contributed by atoms with Crippen molar-refractivity contribution in [1.82, 2.24) is 15.2 Å². The molecule has 1 aliphatic rings. The number of carbonyl (C=O) groups is 1. The number of rotatable bonds is 10. The summed E-state index contributed by atoms with van der Waals surface area (Å²) < 4.78 is 30.2. The minimum atomic E-state index is -0.350. The van der Waals surface area contributed by atoms with Crippen molar-refractivity contribution in [2.75, 3.05) is 46.6 Å². The van der Waals surface area contributed by atoms with Crippen LogP contribution in [0, 0.1) is 5.82 Å². The number of hydrogen-bond donors (Lipinski definition) is 1. The Hall–Kier alpha value is -3.49. The van der Waals surface area contributed by atoms with Gasteiger partial charge in [-0.1, -0.05) is 24.3 Å². The van der Waals surface area contributed by atoms with Gasteiger partial charge in [0.25, 0.3) is 0 Å². The first kappa shape index (κ1) is 24.6. The van der Waals surface area contributed by atoms with Crippen LogP contribution in [0.15, 0.2) is 60.8 Å². The standard InChI is InChI=1S/C27H30FN3O4/c1-33-26-17-21(6-8-25(26)35-14-11-31-9-12-34-13-10-31)22-5-7-24(29-18-22)19-30-27(32)16-20-3-2-4-23(28)15-20/h2-8,15,17-18H,9-14,16,19H2,1H3,(H,30,32). The van der Waals surface area contributed by atoms with Gasteiger partial charge in [0.15, 0.2) is 11.5 Å². The normalized spacial score (nSPS) is 13.9. The van der Waals surface area contributed by atoms with Crippen LogP contribution in [-0.4, -0.2) is 62.4 Å². The lowest BCUT2D eigenvalue weighted by molar-refractivity contribution is -0.120. The van der Waals surface area contributed by atoms with E-state index in [-0.39, 0.29) is 18.1 Å². The number of carbonyl (C=O) groups excluding carboxylic acids is 1. The van der Waals surface area contributed by atoms with Gasteiger partial charge in [-0.2, -0.15) is 0 Å². The summed E-state index contributed by atoms with van der Waals surface area (Å²) in [5.74, 6) is 0.834. The molecule has 0 spiro atoms. The van der Waals surface area contributed by atoms with Crippen LogP contribution in [0.1, 0.15) is 11.3 Å². The van der Waals surface area contributed by atoms with Crippen molar-refractivity contribution in [2.24, 2.45) is 0 Å². The Labute approximate surface area is 204 Å². The maximum atomic E-state index is 13.3. The largest absolute Gasteiger partial charge is 0.493 e. The predicted molar refractivity (Wildman–Crippen MR) is 131 cm³/mol. The summed E-state index contributed by atoms with van der Waals surface area (Å²) in [6, 6.07) is 15.7. The van der Waals surface area contributed by atoms with Gasteiger partial charge >= 0.3 is 0 Å². The molecule has 1 saturated heterocycles. The fourth-order valence-corrected chi connectivity index (χ4v) is 3.86. The molecule has 0 aliphatic carbocycles. The number of pyridine rings is 1. The van der Waals surface area contributed by atoms with Crippen LogP contribution in [-0.2, 0) is 22.5 Å². The van der Waals surface area contributed by atoms with Crippen LogP contribution in [0.25, 0.3) is 11.1 Å². The van der Waals surface area contributed by atoms with Gasteiger partial charge in [0.2, 0.25) is 5.91 Å². The molecule has 1 N–H and O–H groups in total. The van der Waals surface area contributed by atoms with Crippen molar-refractivity contribution >= 4 is 5.91 Å². The highest BCUT2D eigenvalue weighted by Gasteiger charge is 2.12. The average Bonchev–Trinajstić information content (AvgIpc) is 2.88. The first-order chi connectivity index (χ1) is 17.1. The molecule has 2 aromatic carbocycles. The number of ether oxygens (including phenoxy) is 3. The van der Waals surface area contributed by atoms with E-state index >= 15 is 0 Å². The van der Waals surface area contributed by atoms with Gasteiger partial charge in [-0.05, 0) is 41.5 Å². The van der Waals surface area contributed by atoms with E-state index in [1.165, 1.54) is 12.1 Å². The molecule has 2 heterocycles. The monoisotopic (exact) mass is 479 g/mol. The van der Waals surface area contributed by atoms with Gasteiger partial charge in [-0.15, -0.1) is 0 Å². The van der Waals surface area contributed by atoms with Crippen LogP contribution in [0.3, 0.4) is 0 Å². The first-order valence-electron chi connectivity index (χ1n) is 11.7. The first-order valence-corrected chi connectivity index (χ1v) is 11.7. The van der Waals surface area contributed by atoms with Crippen molar-refractivity contribution in [3.63, 3.8) is 0 Å². The van der Waals surface area contributed by atoms with Crippen LogP contribution in [0.4, 0.5) is 4.39 Å². The van der Waals surface area contributed by atoms with Crippen molar-refractivity contribution in [3.05, 3.63) is 77.9 Å². The summed E-state index contributed by atoms with van der Waals surface area (Å²) in [6.45, 7) is 5.12. The topological polar surface area (TPSA) is 72.9 Å². The lowest BCUT2D eigenvalue weighted by Gasteiger charge is -2.26. The fourth-order valence-electron chi connectivity index (χ4n) is 3.86. The molecule has 8 heteroatoms. The molecule has 0 atom stereocenters. The van der Waals surface area contributed by atoms with E-state index in [2.05, 4.69) is 15.2 Å². The number of amides is 1. The van der Waals surface area contributed by atoms with E-state index < -0.39 is 0 Å². The second kappa shape index (κ2) is 12.3. The third kappa shape index (κ3) is 7.24. The van der Waals surface area contributed by atoms with Crippen LogP contribution >= 0.6 is 0 Å². The highest BCUT2D eigenvalue weighted by Crippen LogP contribution is 2.32. The maximum Gasteiger partial charge on any atom is 0.224 e. The van der Waals surface area contributed by atoms with E-state index in [9.17, 15) is 9.18 Å². The highest BCUT2D eigenvalue weighted by molar-refractivity contribution is 5.78. The van der Waals surface area contributed by atoms with E-state index in [1.54, 1.807) is 25.4 Å². The zero-order valence-electron chi connectivity index (χ0n) is 19.8. The molecule has 35 heavy (non-hydrogen) atoms. The van der Waals surface area contributed by atoms with Crippen LogP contribution in [0.5, 0.6) is 11.5 Å². The number of nitrogens with one attached hydrogen (secondary N) is 1. The maximum absolute atomic E-state index is 13.3. The highest BCUT2D eigenvalue weighted by atomic mass is 19.1. The number of nitrogens with zero attached hydrogens (tertiary/aromatic N) is 2. The van der Waals surface area contributed by atoms with E-state index in [0.717, 1.165) is 49.7 Å². The van der Waals surface area contributed by atoms with E-state index in [4.69, 9.17) is 14.2 Å². The van der Waals surface area contributed by atoms with Gasteiger partial charge in [-0.25, -0.2) is 4.39 Å². The van der Waals surface area contributed by atoms with Gasteiger partial charge in [0, 0.05) is 31.4 Å². The van der Waals surface area contributed by atoms with Crippen LogP contribution in [0.2, 0.25) is 0 Å². The summed E-state index contributed by atoms with van der Waals surface area (Å²) in [5.41, 5.74) is 3.25. The number of morpholine rings is 1. The fraction of sp³-hybridized carbons (Fsp3) is 0.333. The quantitative estimate of drug-likeness (QED) is 0.480. The minimum Gasteiger partial charge on any atom is -0.493 e. The molecule has 1 amide bonds. The van der Waals surface area contributed by atoms with Gasteiger partial charge in [0.05, 0.1) is 39.0 Å². The van der Waals surface area contributed by atoms with E-state index in [0.29, 0.717) is 30.2 Å². The number of halogens is 1. The smallest absolute Gasteiger partial charge is 0.224 e. The van der Waals surface area contributed by atoms with Crippen molar-refractivity contribution in [2.45, 2.75) is 13.0 Å².